The minimum atomic E-state index is -1.34. The summed E-state index contributed by atoms with van der Waals surface area (Å²) < 4.78 is 44.2. The standard InChI is InChI=1S/C13H11F3N2O2/c1-7(12-3-4-20-17-12)18(2)13(19)8-5-10(15)11(16)6-9(8)14/h3-7H,1-2H3/t7-/m1/s1. The van der Waals surface area contributed by atoms with E-state index in [0.29, 0.717) is 17.8 Å². The van der Waals surface area contributed by atoms with E-state index in [1.807, 2.05) is 0 Å². The Balaban J connectivity index is 2.29. The first-order chi connectivity index (χ1) is 9.41. The van der Waals surface area contributed by atoms with E-state index in [9.17, 15) is 18.0 Å². The number of carbonyl (C=O) groups excluding carboxylic acids is 1. The van der Waals surface area contributed by atoms with Gasteiger partial charge in [-0.3, -0.25) is 4.79 Å². The normalized spacial score (nSPS) is 12.2. The molecular weight excluding hydrogens is 273 g/mol. The third-order valence-electron chi connectivity index (χ3n) is 3.03. The second-order valence-corrected chi connectivity index (χ2v) is 4.26. The zero-order valence-electron chi connectivity index (χ0n) is 10.7. The summed E-state index contributed by atoms with van der Waals surface area (Å²) >= 11 is 0. The number of halogens is 3. The Morgan fingerprint density at radius 2 is 1.90 bits per heavy atom. The lowest BCUT2D eigenvalue weighted by Gasteiger charge is -2.23. The molecule has 0 N–H and O–H groups in total. The van der Waals surface area contributed by atoms with Gasteiger partial charge in [0.15, 0.2) is 11.6 Å². The minimum Gasteiger partial charge on any atom is -0.364 e. The van der Waals surface area contributed by atoms with Crippen LogP contribution in [-0.2, 0) is 0 Å². The van der Waals surface area contributed by atoms with E-state index in [2.05, 4.69) is 9.68 Å². The Bertz CT molecular complexity index is 629. The monoisotopic (exact) mass is 284 g/mol. The molecule has 0 bridgehead atoms. The molecule has 1 aromatic carbocycles. The van der Waals surface area contributed by atoms with E-state index in [4.69, 9.17) is 0 Å². The van der Waals surface area contributed by atoms with Gasteiger partial charge >= 0.3 is 0 Å². The fraction of sp³-hybridized carbons (Fsp3) is 0.231. The van der Waals surface area contributed by atoms with E-state index in [1.54, 1.807) is 13.0 Å². The van der Waals surface area contributed by atoms with Crippen LogP contribution in [0.2, 0.25) is 0 Å². The quantitative estimate of drug-likeness (QED) is 0.814. The molecule has 20 heavy (non-hydrogen) atoms. The summed E-state index contributed by atoms with van der Waals surface area (Å²) in [5, 5.41) is 3.67. The summed E-state index contributed by atoms with van der Waals surface area (Å²) in [6.45, 7) is 1.65. The van der Waals surface area contributed by atoms with Crippen molar-refractivity contribution in [2.24, 2.45) is 0 Å². The van der Waals surface area contributed by atoms with Crippen LogP contribution in [0.15, 0.2) is 29.0 Å². The molecule has 0 aliphatic carbocycles. The molecule has 0 saturated heterocycles. The molecule has 0 aliphatic rings. The Morgan fingerprint density at radius 3 is 2.50 bits per heavy atom. The molecule has 0 unspecified atom stereocenters. The lowest BCUT2D eigenvalue weighted by atomic mass is 10.1. The van der Waals surface area contributed by atoms with Crippen LogP contribution in [0.5, 0.6) is 0 Å². The largest absolute Gasteiger partial charge is 0.364 e. The third-order valence-corrected chi connectivity index (χ3v) is 3.03. The zero-order chi connectivity index (χ0) is 14.9. The molecule has 7 heteroatoms. The second-order valence-electron chi connectivity index (χ2n) is 4.26. The van der Waals surface area contributed by atoms with Crippen LogP contribution in [0.1, 0.15) is 29.0 Å². The smallest absolute Gasteiger partial charge is 0.257 e. The van der Waals surface area contributed by atoms with Crippen molar-refractivity contribution in [3.05, 3.63) is 53.2 Å². The highest BCUT2D eigenvalue weighted by Crippen LogP contribution is 2.21. The highest BCUT2D eigenvalue weighted by atomic mass is 19.2. The fourth-order valence-corrected chi connectivity index (χ4v) is 1.69. The van der Waals surface area contributed by atoms with Crippen molar-refractivity contribution in [1.29, 1.82) is 0 Å². The van der Waals surface area contributed by atoms with Crippen molar-refractivity contribution in [3.63, 3.8) is 0 Å². The topological polar surface area (TPSA) is 46.3 Å². The molecule has 1 atom stereocenters. The van der Waals surface area contributed by atoms with E-state index in [-0.39, 0.29) is 0 Å². The van der Waals surface area contributed by atoms with Gasteiger partial charge in [0, 0.05) is 19.2 Å². The Kier molecular flexibility index (Phi) is 3.78. The molecule has 0 aliphatic heterocycles. The third kappa shape index (κ3) is 2.52. The van der Waals surface area contributed by atoms with Gasteiger partial charge in [-0.2, -0.15) is 0 Å². The van der Waals surface area contributed by atoms with Gasteiger partial charge in [0.1, 0.15) is 17.8 Å². The number of rotatable bonds is 3. The van der Waals surface area contributed by atoms with Crippen LogP contribution in [0, 0.1) is 17.5 Å². The van der Waals surface area contributed by atoms with Crippen molar-refractivity contribution in [2.45, 2.75) is 13.0 Å². The van der Waals surface area contributed by atoms with Crippen molar-refractivity contribution in [3.8, 4) is 0 Å². The molecular formula is C13H11F3N2O2. The van der Waals surface area contributed by atoms with Gasteiger partial charge in [-0.15, -0.1) is 0 Å². The number of amides is 1. The van der Waals surface area contributed by atoms with E-state index < -0.39 is 35.0 Å². The minimum absolute atomic E-state index is 0.344. The van der Waals surface area contributed by atoms with Crippen molar-refractivity contribution in [1.82, 2.24) is 10.1 Å². The first-order valence-corrected chi connectivity index (χ1v) is 5.73. The highest BCUT2D eigenvalue weighted by molar-refractivity contribution is 5.94. The van der Waals surface area contributed by atoms with Crippen LogP contribution >= 0.6 is 0 Å². The second kappa shape index (κ2) is 5.36. The number of benzene rings is 1. The molecule has 0 spiro atoms. The van der Waals surface area contributed by atoms with Gasteiger partial charge in [-0.25, -0.2) is 13.2 Å². The summed E-state index contributed by atoms with van der Waals surface area (Å²) in [5.74, 6) is -4.52. The maximum absolute atomic E-state index is 13.6. The molecule has 0 radical (unpaired) electrons. The van der Waals surface area contributed by atoms with Crippen molar-refractivity contribution < 1.29 is 22.5 Å². The van der Waals surface area contributed by atoms with Gasteiger partial charge in [-0.05, 0) is 13.0 Å². The molecule has 4 nitrogen and oxygen atoms in total. The Labute approximate surface area is 112 Å². The van der Waals surface area contributed by atoms with Gasteiger partial charge in [0.25, 0.3) is 5.91 Å². The molecule has 1 heterocycles. The number of carbonyl (C=O) groups is 1. The number of aromatic nitrogens is 1. The predicted octanol–water partition coefficient (Wildman–Crippen LogP) is 2.93. The zero-order valence-corrected chi connectivity index (χ0v) is 10.7. The summed E-state index contributed by atoms with van der Waals surface area (Å²) in [4.78, 5) is 13.3. The number of nitrogens with zero attached hydrogens (tertiary/aromatic N) is 2. The van der Waals surface area contributed by atoms with E-state index in [1.165, 1.54) is 13.3 Å². The van der Waals surface area contributed by atoms with Gasteiger partial charge in [0.2, 0.25) is 0 Å². The van der Waals surface area contributed by atoms with Crippen molar-refractivity contribution in [2.75, 3.05) is 7.05 Å². The summed E-state index contributed by atoms with van der Waals surface area (Å²) in [6, 6.07) is 1.93. The number of hydrogen-bond acceptors (Lipinski definition) is 3. The van der Waals surface area contributed by atoms with Crippen LogP contribution in [-0.4, -0.2) is 23.0 Å². The maximum atomic E-state index is 13.6. The maximum Gasteiger partial charge on any atom is 0.257 e. The van der Waals surface area contributed by atoms with Gasteiger partial charge in [-0.1, -0.05) is 5.16 Å². The summed E-state index contributed by atoms with van der Waals surface area (Å²) in [7, 11) is 1.41. The molecule has 0 saturated carbocycles. The Morgan fingerprint density at radius 1 is 1.25 bits per heavy atom. The molecule has 1 amide bonds. The van der Waals surface area contributed by atoms with Crippen LogP contribution < -0.4 is 0 Å². The SMILES string of the molecule is C[C@H](c1ccon1)N(C)C(=O)c1cc(F)c(F)cc1F. The summed E-state index contributed by atoms with van der Waals surface area (Å²) in [6.07, 6.45) is 1.34. The lowest BCUT2D eigenvalue weighted by molar-refractivity contribution is 0.0732. The summed E-state index contributed by atoms with van der Waals surface area (Å²) in [5.41, 5.74) is -0.0782. The van der Waals surface area contributed by atoms with Gasteiger partial charge in [0.05, 0.1) is 11.6 Å². The van der Waals surface area contributed by atoms with E-state index >= 15 is 0 Å². The van der Waals surface area contributed by atoms with E-state index in [0.717, 1.165) is 4.90 Å². The number of hydrogen-bond donors (Lipinski definition) is 0. The Hall–Kier alpha value is -2.31. The van der Waals surface area contributed by atoms with Crippen LogP contribution in [0.25, 0.3) is 0 Å². The molecule has 0 fully saturated rings. The fourth-order valence-electron chi connectivity index (χ4n) is 1.69. The average Bonchev–Trinajstić information content (AvgIpc) is 2.94. The first kappa shape index (κ1) is 14.1. The lowest BCUT2D eigenvalue weighted by Crippen LogP contribution is -2.30. The van der Waals surface area contributed by atoms with Crippen molar-refractivity contribution >= 4 is 5.91 Å². The predicted molar refractivity (Wildman–Crippen MR) is 63.3 cm³/mol. The molecule has 106 valence electrons. The van der Waals surface area contributed by atoms with Gasteiger partial charge < -0.3 is 9.42 Å². The van der Waals surface area contributed by atoms with Crippen LogP contribution in [0.3, 0.4) is 0 Å². The molecule has 1 aromatic heterocycles. The van der Waals surface area contributed by atoms with Crippen LogP contribution in [0.4, 0.5) is 13.2 Å². The molecule has 2 rings (SSSR count). The molecule has 2 aromatic rings. The first-order valence-electron chi connectivity index (χ1n) is 5.73. The highest BCUT2D eigenvalue weighted by Gasteiger charge is 2.24. The average molecular weight is 284 g/mol.